The van der Waals surface area contributed by atoms with E-state index in [1.165, 1.54) is 12.3 Å². The van der Waals surface area contributed by atoms with Crippen LogP contribution in [0.25, 0.3) is 0 Å². The number of hydrogen-bond donors (Lipinski definition) is 2. The molecule has 25 heavy (non-hydrogen) atoms. The topological polar surface area (TPSA) is 78.3 Å². The summed E-state index contributed by atoms with van der Waals surface area (Å²) in [5, 5.41) is 8.87. The summed E-state index contributed by atoms with van der Waals surface area (Å²) >= 11 is 0. The Morgan fingerprint density at radius 3 is 2.56 bits per heavy atom. The predicted molar refractivity (Wildman–Crippen MR) is 81.9 cm³/mol. The van der Waals surface area contributed by atoms with Crippen LogP contribution in [0.2, 0.25) is 0 Å². The van der Waals surface area contributed by atoms with Crippen molar-refractivity contribution in [3.05, 3.63) is 53.0 Å². The summed E-state index contributed by atoms with van der Waals surface area (Å²) in [6.45, 7) is 3.98. The second-order valence-corrected chi connectivity index (χ2v) is 6.17. The number of hydroxylamine groups is 1. The summed E-state index contributed by atoms with van der Waals surface area (Å²) in [5.41, 5.74) is 1.58. The van der Waals surface area contributed by atoms with Gasteiger partial charge in [0.05, 0.1) is 11.1 Å². The van der Waals surface area contributed by atoms with Gasteiger partial charge < -0.3 is 4.90 Å². The SMILES string of the molecule is CC1(C)c2ccnc(C(=O)NO)c2CN1c1ccc(C(F)(F)F)cn1. The van der Waals surface area contributed by atoms with Gasteiger partial charge in [0.2, 0.25) is 0 Å². The molecule has 1 aliphatic heterocycles. The highest BCUT2D eigenvalue weighted by Crippen LogP contribution is 2.42. The highest BCUT2D eigenvalue weighted by Gasteiger charge is 2.41. The monoisotopic (exact) mass is 352 g/mol. The Labute approximate surface area is 141 Å². The molecule has 0 aromatic carbocycles. The fourth-order valence-electron chi connectivity index (χ4n) is 3.06. The number of carbonyl (C=O) groups excluding carboxylic acids is 1. The molecule has 3 heterocycles. The van der Waals surface area contributed by atoms with Gasteiger partial charge in [-0.05, 0) is 37.6 Å². The van der Waals surface area contributed by atoms with E-state index in [1.807, 2.05) is 13.8 Å². The summed E-state index contributed by atoms with van der Waals surface area (Å²) in [5.74, 6) is -0.389. The molecule has 0 aliphatic carbocycles. The quantitative estimate of drug-likeness (QED) is 0.642. The number of pyridine rings is 2. The zero-order valence-corrected chi connectivity index (χ0v) is 13.4. The number of amides is 1. The summed E-state index contributed by atoms with van der Waals surface area (Å²) < 4.78 is 38.1. The molecule has 1 amide bonds. The summed E-state index contributed by atoms with van der Waals surface area (Å²) in [4.78, 5) is 21.5. The third-order valence-corrected chi connectivity index (χ3v) is 4.37. The first kappa shape index (κ1) is 17.2. The molecule has 2 aromatic heterocycles. The number of anilines is 1. The molecule has 6 nitrogen and oxygen atoms in total. The Hall–Kier alpha value is -2.68. The van der Waals surface area contributed by atoms with Gasteiger partial charge in [0.1, 0.15) is 11.5 Å². The van der Waals surface area contributed by atoms with Crippen LogP contribution in [0.4, 0.5) is 19.0 Å². The number of alkyl halides is 3. The van der Waals surface area contributed by atoms with Crippen LogP contribution < -0.4 is 10.4 Å². The minimum absolute atomic E-state index is 0.0717. The predicted octanol–water partition coefficient (Wildman–Crippen LogP) is 2.87. The molecule has 2 N–H and O–H groups in total. The highest BCUT2D eigenvalue weighted by atomic mass is 19.4. The van der Waals surface area contributed by atoms with Crippen molar-refractivity contribution in [1.82, 2.24) is 15.4 Å². The fraction of sp³-hybridized carbons (Fsp3) is 0.312. The second kappa shape index (κ2) is 5.69. The molecule has 2 aromatic rings. The van der Waals surface area contributed by atoms with Crippen molar-refractivity contribution < 1.29 is 23.2 Å². The number of hydrogen-bond acceptors (Lipinski definition) is 5. The number of carbonyl (C=O) groups is 1. The minimum atomic E-state index is -4.45. The Morgan fingerprint density at radius 1 is 1.28 bits per heavy atom. The maximum Gasteiger partial charge on any atom is 0.417 e. The van der Waals surface area contributed by atoms with E-state index in [1.54, 1.807) is 16.4 Å². The summed E-state index contributed by atoms with van der Waals surface area (Å²) in [6.07, 6.45) is -2.21. The molecule has 0 radical (unpaired) electrons. The van der Waals surface area contributed by atoms with Crippen LogP contribution >= 0.6 is 0 Å². The number of halogens is 3. The van der Waals surface area contributed by atoms with E-state index in [-0.39, 0.29) is 12.2 Å². The van der Waals surface area contributed by atoms with Crippen molar-refractivity contribution >= 4 is 11.7 Å². The fourth-order valence-corrected chi connectivity index (χ4v) is 3.06. The molecule has 0 fully saturated rings. The Kier molecular flexibility index (Phi) is 3.91. The van der Waals surface area contributed by atoms with Gasteiger partial charge in [0.15, 0.2) is 0 Å². The number of aromatic nitrogens is 2. The van der Waals surface area contributed by atoms with Gasteiger partial charge in [0, 0.05) is 24.5 Å². The molecule has 0 spiro atoms. The van der Waals surface area contributed by atoms with Crippen LogP contribution in [0.1, 0.15) is 41.0 Å². The van der Waals surface area contributed by atoms with E-state index in [0.717, 1.165) is 17.8 Å². The van der Waals surface area contributed by atoms with Gasteiger partial charge in [-0.3, -0.25) is 15.0 Å². The van der Waals surface area contributed by atoms with E-state index in [2.05, 4.69) is 9.97 Å². The van der Waals surface area contributed by atoms with E-state index >= 15 is 0 Å². The molecule has 0 atom stereocenters. The van der Waals surface area contributed by atoms with E-state index < -0.39 is 23.2 Å². The van der Waals surface area contributed by atoms with Crippen LogP contribution in [-0.2, 0) is 18.3 Å². The first-order valence-corrected chi connectivity index (χ1v) is 7.40. The molecule has 9 heteroatoms. The van der Waals surface area contributed by atoms with Crippen molar-refractivity contribution in [1.29, 1.82) is 0 Å². The first-order valence-electron chi connectivity index (χ1n) is 7.40. The third kappa shape index (κ3) is 2.80. The maximum absolute atomic E-state index is 12.7. The largest absolute Gasteiger partial charge is 0.417 e. The lowest BCUT2D eigenvalue weighted by Gasteiger charge is -2.33. The van der Waals surface area contributed by atoms with Gasteiger partial charge in [-0.25, -0.2) is 10.5 Å². The van der Waals surface area contributed by atoms with Crippen molar-refractivity contribution in [3.8, 4) is 0 Å². The summed E-state index contributed by atoms with van der Waals surface area (Å²) in [7, 11) is 0. The molecule has 0 saturated carbocycles. The molecule has 0 saturated heterocycles. The second-order valence-electron chi connectivity index (χ2n) is 6.17. The number of rotatable bonds is 2. The van der Waals surface area contributed by atoms with Gasteiger partial charge in [-0.1, -0.05) is 0 Å². The van der Waals surface area contributed by atoms with E-state index in [4.69, 9.17) is 5.21 Å². The minimum Gasteiger partial charge on any atom is -0.343 e. The van der Waals surface area contributed by atoms with Crippen molar-refractivity contribution in [2.45, 2.75) is 32.1 Å². The lowest BCUT2D eigenvalue weighted by molar-refractivity contribution is -0.137. The van der Waals surface area contributed by atoms with E-state index in [0.29, 0.717) is 11.4 Å². The van der Waals surface area contributed by atoms with Crippen molar-refractivity contribution in [2.75, 3.05) is 4.90 Å². The molecule has 132 valence electrons. The maximum atomic E-state index is 12.7. The van der Waals surface area contributed by atoms with Gasteiger partial charge >= 0.3 is 6.18 Å². The Balaban J connectivity index is 2.01. The van der Waals surface area contributed by atoms with Gasteiger partial charge in [0.25, 0.3) is 5.91 Å². The van der Waals surface area contributed by atoms with Crippen LogP contribution in [-0.4, -0.2) is 21.1 Å². The van der Waals surface area contributed by atoms with E-state index in [9.17, 15) is 18.0 Å². The molecule has 0 bridgehead atoms. The van der Waals surface area contributed by atoms with Crippen molar-refractivity contribution in [3.63, 3.8) is 0 Å². The normalized spacial score (nSPS) is 15.8. The van der Waals surface area contributed by atoms with Gasteiger partial charge in [-0.2, -0.15) is 13.2 Å². The lowest BCUT2D eigenvalue weighted by atomic mass is 9.93. The summed E-state index contributed by atoms with van der Waals surface area (Å²) in [6, 6.07) is 4.02. The Bertz CT molecular complexity index is 819. The molecule has 0 unspecified atom stereocenters. The van der Waals surface area contributed by atoms with Crippen LogP contribution in [0.5, 0.6) is 0 Å². The average molecular weight is 352 g/mol. The Morgan fingerprint density at radius 2 is 2.00 bits per heavy atom. The van der Waals surface area contributed by atoms with Gasteiger partial charge in [-0.15, -0.1) is 0 Å². The van der Waals surface area contributed by atoms with Crippen LogP contribution in [0.15, 0.2) is 30.6 Å². The lowest BCUT2D eigenvalue weighted by Crippen LogP contribution is -2.35. The number of nitrogens with one attached hydrogen (secondary N) is 1. The average Bonchev–Trinajstić information content (AvgIpc) is 2.85. The number of nitrogens with zero attached hydrogens (tertiary/aromatic N) is 3. The first-order chi connectivity index (χ1) is 11.7. The van der Waals surface area contributed by atoms with Crippen LogP contribution in [0, 0.1) is 0 Å². The molecule has 3 rings (SSSR count). The zero-order chi connectivity index (χ0) is 18.4. The number of fused-ring (bicyclic) bond motifs is 1. The molecule has 1 aliphatic rings. The molecular formula is C16H15F3N4O2. The standard InChI is InChI=1S/C16H15F3N4O2/c1-15(2)11-5-6-20-13(14(24)22-25)10(11)8-23(15)12-4-3-9(7-21-12)16(17,18)19/h3-7,25H,8H2,1-2H3,(H,22,24). The third-order valence-electron chi connectivity index (χ3n) is 4.37. The zero-order valence-electron chi connectivity index (χ0n) is 13.4. The van der Waals surface area contributed by atoms with Crippen LogP contribution in [0.3, 0.4) is 0 Å². The highest BCUT2D eigenvalue weighted by molar-refractivity contribution is 5.93. The van der Waals surface area contributed by atoms with Crippen molar-refractivity contribution in [2.24, 2.45) is 0 Å². The molecular weight excluding hydrogens is 337 g/mol. The smallest absolute Gasteiger partial charge is 0.343 e.